The number of halogens is 2. The van der Waals surface area contributed by atoms with Crippen LogP contribution >= 0.6 is 31.9 Å². The topological polar surface area (TPSA) is 55.8 Å². The minimum Gasteiger partial charge on any atom is -0.493 e. The molecule has 0 N–H and O–H groups in total. The van der Waals surface area contributed by atoms with Crippen LogP contribution in [-0.2, 0) is 16.2 Å². The van der Waals surface area contributed by atoms with Gasteiger partial charge in [-0.1, -0.05) is 28.1 Å². The fourth-order valence-corrected chi connectivity index (χ4v) is 6.55. The van der Waals surface area contributed by atoms with Gasteiger partial charge in [0, 0.05) is 52.3 Å². The first-order valence-corrected chi connectivity index (χ1v) is 14.1. The number of allylic oxidation sites excluding steroid dienone is 4. The lowest BCUT2D eigenvalue weighted by Gasteiger charge is -2.43. The van der Waals surface area contributed by atoms with Crippen molar-refractivity contribution in [3.8, 4) is 11.5 Å². The number of methoxy groups -OCH3 is 1. The molecule has 188 valence electrons. The molecule has 0 spiro atoms. The lowest BCUT2D eigenvalue weighted by atomic mass is 9.71. The Hall–Kier alpha value is -2.38. The van der Waals surface area contributed by atoms with Crippen LogP contribution in [0.4, 0.5) is 0 Å². The highest BCUT2D eigenvalue weighted by molar-refractivity contribution is 9.10. The van der Waals surface area contributed by atoms with Crippen molar-refractivity contribution in [3.05, 3.63) is 79.0 Å². The maximum Gasteiger partial charge on any atom is 0.175 e. The number of rotatable bonds is 6. The van der Waals surface area contributed by atoms with Crippen LogP contribution in [0.3, 0.4) is 0 Å². The summed E-state index contributed by atoms with van der Waals surface area (Å²) in [5.74, 6) is 1.10. The lowest BCUT2D eigenvalue weighted by Crippen LogP contribution is -2.39. The molecule has 1 heterocycles. The molecular weight excluding hydrogens is 586 g/mol. The van der Waals surface area contributed by atoms with Gasteiger partial charge >= 0.3 is 0 Å². The van der Waals surface area contributed by atoms with Crippen molar-refractivity contribution in [2.75, 3.05) is 13.7 Å². The van der Waals surface area contributed by atoms with E-state index >= 15 is 0 Å². The van der Waals surface area contributed by atoms with Gasteiger partial charge in [-0.15, -0.1) is 0 Å². The summed E-state index contributed by atoms with van der Waals surface area (Å²) in [6, 6.07) is 11.9. The van der Waals surface area contributed by atoms with E-state index in [9.17, 15) is 9.59 Å². The zero-order valence-electron chi connectivity index (χ0n) is 20.5. The molecule has 0 aromatic heterocycles. The predicted molar refractivity (Wildman–Crippen MR) is 146 cm³/mol. The third-order valence-electron chi connectivity index (χ3n) is 7.28. The second kappa shape index (κ2) is 10.5. The highest BCUT2D eigenvalue weighted by Gasteiger charge is 2.43. The minimum absolute atomic E-state index is 0.148. The van der Waals surface area contributed by atoms with Crippen molar-refractivity contribution in [1.29, 1.82) is 0 Å². The highest BCUT2D eigenvalue weighted by Crippen LogP contribution is 2.51. The predicted octanol–water partition coefficient (Wildman–Crippen LogP) is 7.23. The van der Waals surface area contributed by atoms with Crippen LogP contribution in [0.2, 0.25) is 0 Å². The fourth-order valence-electron chi connectivity index (χ4n) is 5.71. The molecule has 0 unspecified atom stereocenters. The molecule has 0 fully saturated rings. The second-order valence-corrected chi connectivity index (χ2v) is 11.2. The quantitative estimate of drug-likeness (QED) is 0.343. The summed E-state index contributed by atoms with van der Waals surface area (Å²) in [5.41, 5.74) is 5.68. The summed E-state index contributed by atoms with van der Waals surface area (Å²) in [7, 11) is 1.62. The average molecular weight is 615 g/mol. The molecule has 1 aliphatic heterocycles. The van der Waals surface area contributed by atoms with E-state index in [1.807, 2.05) is 36.4 Å². The molecule has 2 aliphatic carbocycles. The molecule has 36 heavy (non-hydrogen) atoms. The van der Waals surface area contributed by atoms with Crippen molar-refractivity contribution in [2.45, 2.75) is 58.0 Å². The standard InChI is InChI=1S/C29H29Br2NO4/c1-3-32-21-6-4-8-23(33)27(21)26(28-22(32)7-5-9-24(28)34)18-14-20(31)29(25(15-18)35-2)36-16-17-10-12-19(30)13-11-17/h10-15,26H,3-9,16H2,1-2H3. The van der Waals surface area contributed by atoms with Gasteiger partial charge in [0.15, 0.2) is 23.1 Å². The SMILES string of the molecule is CCN1C2=C(C(=O)CCC2)C(c2cc(Br)c(OCc3ccc(Br)cc3)c(OC)c2)C2=C1CCCC2=O. The molecule has 0 saturated heterocycles. The summed E-state index contributed by atoms with van der Waals surface area (Å²) in [6.45, 7) is 3.25. The van der Waals surface area contributed by atoms with Crippen LogP contribution < -0.4 is 9.47 Å². The molecule has 7 heteroatoms. The molecule has 2 aromatic rings. The number of Topliss-reactive ketones (excluding diaryl/α,β-unsaturated/α-hetero) is 2. The van der Waals surface area contributed by atoms with Gasteiger partial charge in [-0.3, -0.25) is 9.59 Å². The number of carbonyl (C=O) groups excluding carboxylic acids is 2. The largest absolute Gasteiger partial charge is 0.493 e. The third-order valence-corrected chi connectivity index (χ3v) is 8.40. The number of benzene rings is 2. The van der Waals surface area contributed by atoms with Crippen LogP contribution in [-0.4, -0.2) is 30.1 Å². The maximum atomic E-state index is 13.4. The van der Waals surface area contributed by atoms with Gasteiger partial charge < -0.3 is 14.4 Å². The zero-order chi connectivity index (χ0) is 25.4. The fraction of sp³-hybridized carbons (Fsp3) is 0.379. The summed E-state index contributed by atoms with van der Waals surface area (Å²) in [4.78, 5) is 29.0. The van der Waals surface area contributed by atoms with Crippen molar-refractivity contribution in [3.63, 3.8) is 0 Å². The molecule has 0 bridgehead atoms. The van der Waals surface area contributed by atoms with Crippen LogP contribution in [0, 0.1) is 0 Å². The van der Waals surface area contributed by atoms with Gasteiger partial charge in [0.25, 0.3) is 0 Å². The maximum absolute atomic E-state index is 13.4. The Labute approximate surface area is 228 Å². The van der Waals surface area contributed by atoms with Crippen molar-refractivity contribution < 1.29 is 19.1 Å². The van der Waals surface area contributed by atoms with Gasteiger partial charge in [0.1, 0.15) is 6.61 Å². The van der Waals surface area contributed by atoms with E-state index in [2.05, 4.69) is 43.7 Å². The molecule has 2 aromatic carbocycles. The Balaban J connectivity index is 1.59. The number of nitrogens with zero attached hydrogens (tertiary/aromatic N) is 1. The average Bonchev–Trinajstić information content (AvgIpc) is 2.87. The van der Waals surface area contributed by atoms with Gasteiger partial charge in [-0.25, -0.2) is 0 Å². The van der Waals surface area contributed by atoms with Gasteiger partial charge in [-0.2, -0.15) is 0 Å². The summed E-state index contributed by atoms with van der Waals surface area (Å²) in [5, 5.41) is 0. The minimum atomic E-state index is -0.371. The van der Waals surface area contributed by atoms with Crippen LogP contribution in [0.15, 0.2) is 67.9 Å². The van der Waals surface area contributed by atoms with Gasteiger partial charge in [0.05, 0.1) is 11.6 Å². The Kier molecular flexibility index (Phi) is 7.40. The molecular formula is C29H29Br2NO4. The first-order valence-electron chi connectivity index (χ1n) is 12.5. The highest BCUT2D eigenvalue weighted by atomic mass is 79.9. The molecule has 0 saturated carbocycles. The molecule has 5 nitrogen and oxygen atoms in total. The monoisotopic (exact) mass is 613 g/mol. The van der Waals surface area contributed by atoms with Gasteiger partial charge in [-0.05, 0) is 83.9 Å². The van der Waals surface area contributed by atoms with E-state index in [0.717, 1.165) is 74.8 Å². The van der Waals surface area contributed by atoms with Crippen molar-refractivity contribution in [2.24, 2.45) is 0 Å². The van der Waals surface area contributed by atoms with E-state index in [1.54, 1.807) is 7.11 Å². The summed E-state index contributed by atoms with van der Waals surface area (Å²) in [6.07, 6.45) is 4.49. The Bertz CT molecular complexity index is 1230. The number of ketones is 2. The van der Waals surface area contributed by atoms with Gasteiger partial charge in [0.2, 0.25) is 0 Å². The molecule has 3 aliphatic rings. The van der Waals surface area contributed by atoms with Crippen molar-refractivity contribution in [1.82, 2.24) is 4.90 Å². The van der Waals surface area contributed by atoms with E-state index < -0.39 is 0 Å². The Morgan fingerprint density at radius 3 is 2.08 bits per heavy atom. The smallest absolute Gasteiger partial charge is 0.175 e. The lowest BCUT2D eigenvalue weighted by molar-refractivity contribution is -0.117. The Morgan fingerprint density at radius 1 is 0.917 bits per heavy atom. The van der Waals surface area contributed by atoms with Crippen LogP contribution in [0.5, 0.6) is 11.5 Å². The number of ether oxygens (including phenoxy) is 2. The molecule has 0 radical (unpaired) electrons. The molecule has 0 amide bonds. The van der Waals surface area contributed by atoms with Crippen LogP contribution in [0.25, 0.3) is 0 Å². The number of hydrogen-bond acceptors (Lipinski definition) is 5. The molecule has 5 rings (SSSR count). The number of hydrogen-bond donors (Lipinski definition) is 0. The second-order valence-electron chi connectivity index (χ2n) is 9.40. The van der Waals surface area contributed by atoms with Crippen LogP contribution in [0.1, 0.15) is 62.5 Å². The first kappa shape index (κ1) is 25.3. The normalized spacial score (nSPS) is 18.4. The van der Waals surface area contributed by atoms with E-state index in [0.29, 0.717) is 30.9 Å². The van der Waals surface area contributed by atoms with E-state index in [-0.39, 0.29) is 17.5 Å². The third kappa shape index (κ3) is 4.56. The summed E-state index contributed by atoms with van der Waals surface area (Å²) < 4.78 is 13.7. The Morgan fingerprint density at radius 2 is 1.53 bits per heavy atom. The molecule has 0 atom stereocenters. The first-order chi connectivity index (χ1) is 17.4. The summed E-state index contributed by atoms with van der Waals surface area (Å²) >= 11 is 7.16. The van der Waals surface area contributed by atoms with Crippen molar-refractivity contribution >= 4 is 43.4 Å². The number of carbonyl (C=O) groups is 2. The van der Waals surface area contributed by atoms with E-state index in [4.69, 9.17) is 9.47 Å². The van der Waals surface area contributed by atoms with E-state index in [1.165, 1.54) is 0 Å². The zero-order valence-corrected chi connectivity index (χ0v) is 23.7.